The van der Waals surface area contributed by atoms with Crippen molar-refractivity contribution >= 4 is 10.9 Å². The molecule has 0 fully saturated rings. The molecule has 2 atom stereocenters. The van der Waals surface area contributed by atoms with E-state index in [9.17, 15) is 5.11 Å². The van der Waals surface area contributed by atoms with Crippen LogP contribution in [0, 0.1) is 0 Å². The average Bonchev–Trinajstić information content (AvgIpc) is 2.62. The minimum absolute atomic E-state index is 0.317. The Bertz CT molecular complexity index is 434. The minimum Gasteiger partial charge on any atom is -0.391 e. The van der Waals surface area contributed by atoms with Crippen LogP contribution in [0.4, 0.5) is 0 Å². The number of aliphatic hydroxyl groups is 1. The van der Waals surface area contributed by atoms with Crippen molar-refractivity contribution in [1.82, 2.24) is 4.98 Å². The van der Waals surface area contributed by atoms with Crippen LogP contribution in [0.25, 0.3) is 10.9 Å². The summed E-state index contributed by atoms with van der Waals surface area (Å²) in [6, 6.07) is 7.62. The van der Waals surface area contributed by atoms with Gasteiger partial charge >= 0.3 is 0 Å². The number of nitrogens with two attached hydrogens (primary N) is 1. The van der Waals surface area contributed by atoms with Crippen molar-refractivity contribution in [1.29, 1.82) is 0 Å². The van der Waals surface area contributed by atoms with Gasteiger partial charge in [-0.25, -0.2) is 0 Å². The molecule has 1 heterocycles. The molecule has 0 amide bonds. The summed E-state index contributed by atoms with van der Waals surface area (Å²) in [5.41, 5.74) is 7.84. The third-order valence-corrected chi connectivity index (χ3v) is 2.48. The lowest BCUT2D eigenvalue weighted by Gasteiger charge is -2.14. The quantitative estimate of drug-likeness (QED) is 0.672. The van der Waals surface area contributed by atoms with Gasteiger partial charge in [0, 0.05) is 11.7 Å². The fourth-order valence-electron chi connectivity index (χ4n) is 1.55. The lowest BCUT2D eigenvalue weighted by atomic mass is 10.0. The minimum atomic E-state index is -0.526. The molecule has 3 nitrogen and oxygen atoms in total. The number of aromatic amines is 1. The van der Waals surface area contributed by atoms with Gasteiger partial charge in [0.05, 0.1) is 12.1 Å². The molecule has 0 spiro atoms. The monoisotopic (exact) mass is 190 g/mol. The second-order valence-electron chi connectivity index (χ2n) is 3.59. The molecule has 0 bridgehead atoms. The summed E-state index contributed by atoms with van der Waals surface area (Å²) in [4.78, 5) is 3.12. The highest BCUT2D eigenvalue weighted by molar-refractivity contribution is 5.79. The second kappa shape index (κ2) is 3.44. The van der Waals surface area contributed by atoms with Crippen LogP contribution >= 0.6 is 0 Å². The molecule has 4 N–H and O–H groups in total. The molecule has 0 aliphatic heterocycles. The standard InChI is InChI=1S/C11H14N2O/c1-7(14)11(12)9-3-2-8-4-5-13-10(8)6-9/h2-7,11,13-14H,12H2,1H3/t7-,11-/m1/s1. The van der Waals surface area contributed by atoms with Gasteiger partial charge in [0.2, 0.25) is 0 Å². The van der Waals surface area contributed by atoms with Crippen LogP contribution in [0.3, 0.4) is 0 Å². The highest BCUT2D eigenvalue weighted by Gasteiger charge is 2.11. The highest BCUT2D eigenvalue weighted by Crippen LogP contribution is 2.19. The second-order valence-corrected chi connectivity index (χ2v) is 3.59. The Morgan fingerprint density at radius 2 is 2.14 bits per heavy atom. The Morgan fingerprint density at radius 3 is 2.86 bits per heavy atom. The van der Waals surface area contributed by atoms with Gasteiger partial charge in [-0.15, -0.1) is 0 Å². The first-order chi connectivity index (χ1) is 6.68. The molecular weight excluding hydrogens is 176 g/mol. The third-order valence-electron chi connectivity index (χ3n) is 2.48. The van der Waals surface area contributed by atoms with E-state index in [2.05, 4.69) is 4.98 Å². The van der Waals surface area contributed by atoms with Crippen LogP contribution < -0.4 is 5.73 Å². The predicted octanol–water partition coefficient (Wildman–Crippen LogP) is 1.55. The van der Waals surface area contributed by atoms with Crippen molar-refractivity contribution in [2.75, 3.05) is 0 Å². The molecule has 14 heavy (non-hydrogen) atoms. The molecule has 1 aromatic heterocycles. The van der Waals surface area contributed by atoms with Crippen LogP contribution in [0.15, 0.2) is 30.5 Å². The summed E-state index contributed by atoms with van der Waals surface area (Å²) in [5, 5.41) is 10.5. The Hall–Kier alpha value is -1.32. The first kappa shape index (κ1) is 9.24. The summed E-state index contributed by atoms with van der Waals surface area (Å²) < 4.78 is 0. The molecule has 0 aliphatic rings. The Balaban J connectivity index is 2.43. The van der Waals surface area contributed by atoms with Gasteiger partial charge < -0.3 is 15.8 Å². The van der Waals surface area contributed by atoms with Gasteiger partial charge in [0.15, 0.2) is 0 Å². The number of fused-ring (bicyclic) bond motifs is 1. The first-order valence-electron chi connectivity index (χ1n) is 4.69. The molecule has 0 saturated carbocycles. The molecular formula is C11H14N2O. The topological polar surface area (TPSA) is 62.0 Å². The van der Waals surface area contributed by atoms with Crippen molar-refractivity contribution in [2.24, 2.45) is 5.73 Å². The van der Waals surface area contributed by atoms with Crippen molar-refractivity contribution in [3.05, 3.63) is 36.0 Å². The number of H-pyrrole nitrogens is 1. The van der Waals surface area contributed by atoms with E-state index in [-0.39, 0.29) is 6.04 Å². The summed E-state index contributed by atoms with van der Waals surface area (Å²) in [7, 11) is 0. The van der Waals surface area contributed by atoms with E-state index < -0.39 is 6.10 Å². The van der Waals surface area contributed by atoms with Gasteiger partial charge in [-0.05, 0) is 30.0 Å². The zero-order valence-corrected chi connectivity index (χ0v) is 8.07. The normalized spacial score (nSPS) is 15.6. The molecule has 1 aromatic carbocycles. The Kier molecular flexibility index (Phi) is 2.27. The molecule has 0 saturated heterocycles. The van der Waals surface area contributed by atoms with Gasteiger partial charge in [-0.3, -0.25) is 0 Å². The molecule has 0 unspecified atom stereocenters. The third kappa shape index (κ3) is 1.52. The lowest BCUT2D eigenvalue weighted by molar-refractivity contribution is 0.164. The van der Waals surface area contributed by atoms with Crippen LogP contribution in [0.5, 0.6) is 0 Å². The summed E-state index contributed by atoms with van der Waals surface area (Å²) in [6.45, 7) is 1.70. The molecule has 2 rings (SSSR count). The number of rotatable bonds is 2. The van der Waals surface area contributed by atoms with Crippen LogP contribution in [-0.4, -0.2) is 16.2 Å². The van der Waals surface area contributed by atoms with Crippen molar-refractivity contribution in [3.8, 4) is 0 Å². The fourth-order valence-corrected chi connectivity index (χ4v) is 1.55. The smallest absolute Gasteiger partial charge is 0.0704 e. The zero-order valence-electron chi connectivity index (χ0n) is 8.07. The Labute approximate surface area is 82.6 Å². The van der Waals surface area contributed by atoms with Gasteiger partial charge in [0.25, 0.3) is 0 Å². The average molecular weight is 190 g/mol. The number of nitrogens with one attached hydrogen (secondary N) is 1. The van der Waals surface area contributed by atoms with E-state index in [1.807, 2.05) is 30.5 Å². The van der Waals surface area contributed by atoms with Crippen LogP contribution in [-0.2, 0) is 0 Å². The fraction of sp³-hybridized carbons (Fsp3) is 0.273. The van der Waals surface area contributed by atoms with Gasteiger partial charge in [-0.1, -0.05) is 12.1 Å². The molecule has 0 radical (unpaired) electrons. The van der Waals surface area contributed by atoms with Crippen molar-refractivity contribution in [3.63, 3.8) is 0 Å². The van der Waals surface area contributed by atoms with Gasteiger partial charge in [0.1, 0.15) is 0 Å². The summed E-state index contributed by atoms with van der Waals surface area (Å²) in [6.07, 6.45) is 1.37. The highest BCUT2D eigenvalue weighted by atomic mass is 16.3. The van der Waals surface area contributed by atoms with E-state index in [0.29, 0.717) is 0 Å². The van der Waals surface area contributed by atoms with Crippen LogP contribution in [0.2, 0.25) is 0 Å². The van der Waals surface area contributed by atoms with Crippen LogP contribution in [0.1, 0.15) is 18.5 Å². The van der Waals surface area contributed by atoms with E-state index in [4.69, 9.17) is 5.73 Å². The molecule has 3 heteroatoms. The number of hydrogen-bond donors (Lipinski definition) is 3. The lowest BCUT2D eigenvalue weighted by Crippen LogP contribution is -2.22. The number of hydrogen-bond acceptors (Lipinski definition) is 2. The van der Waals surface area contributed by atoms with E-state index in [1.165, 1.54) is 0 Å². The maximum Gasteiger partial charge on any atom is 0.0704 e. The van der Waals surface area contributed by atoms with E-state index in [0.717, 1.165) is 16.5 Å². The SMILES string of the molecule is C[C@@H](O)[C@@H](N)c1ccc2cc[nH]c2c1. The molecule has 0 aliphatic carbocycles. The zero-order chi connectivity index (χ0) is 10.1. The maximum atomic E-state index is 9.36. The first-order valence-corrected chi connectivity index (χ1v) is 4.69. The molecule has 2 aromatic rings. The van der Waals surface area contributed by atoms with Gasteiger partial charge in [-0.2, -0.15) is 0 Å². The molecule has 74 valence electrons. The van der Waals surface area contributed by atoms with E-state index >= 15 is 0 Å². The van der Waals surface area contributed by atoms with E-state index in [1.54, 1.807) is 6.92 Å². The number of aliphatic hydroxyl groups excluding tert-OH is 1. The van der Waals surface area contributed by atoms with Crippen molar-refractivity contribution in [2.45, 2.75) is 19.1 Å². The largest absolute Gasteiger partial charge is 0.391 e. The summed E-state index contributed by atoms with van der Waals surface area (Å²) >= 11 is 0. The predicted molar refractivity (Wildman–Crippen MR) is 56.9 cm³/mol. The maximum absolute atomic E-state index is 9.36. The number of aromatic nitrogens is 1. The summed E-state index contributed by atoms with van der Waals surface area (Å²) in [5.74, 6) is 0. The van der Waals surface area contributed by atoms with Crippen molar-refractivity contribution < 1.29 is 5.11 Å². The Morgan fingerprint density at radius 1 is 1.36 bits per heavy atom. The number of benzene rings is 1.